The zero-order valence-corrected chi connectivity index (χ0v) is 9.59. The summed E-state index contributed by atoms with van der Waals surface area (Å²) in [5, 5.41) is 9.68. The van der Waals surface area contributed by atoms with Crippen LogP contribution in [0.3, 0.4) is 0 Å². The lowest BCUT2D eigenvalue weighted by atomic mass is 10.1. The molecule has 3 nitrogen and oxygen atoms in total. The highest BCUT2D eigenvalue weighted by atomic mass is 79.9. The fraction of sp³-hybridized carbons (Fsp3) is 0.300. The summed E-state index contributed by atoms with van der Waals surface area (Å²) in [5.74, 6) is 0.631. The lowest BCUT2D eigenvalue weighted by molar-refractivity contribution is -0.116. The van der Waals surface area contributed by atoms with Gasteiger partial charge in [-0.3, -0.25) is 4.79 Å². The van der Waals surface area contributed by atoms with Crippen molar-refractivity contribution in [3.63, 3.8) is 0 Å². The molecule has 1 rings (SSSR count). The summed E-state index contributed by atoms with van der Waals surface area (Å²) < 4.78 is 5.48. The number of phenols is 1. The number of ketones is 1. The molecule has 0 aromatic heterocycles. The van der Waals surface area contributed by atoms with Gasteiger partial charge in [-0.05, 0) is 28.9 Å². The van der Waals surface area contributed by atoms with Crippen LogP contribution >= 0.6 is 15.9 Å². The maximum absolute atomic E-state index is 10.9. The molecule has 76 valence electrons. The minimum Gasteiger partial charge on any atom is -0.506 e. The number of methoxy groups -OCH3 is 1. The van der Waals surface area contributed by atoms with E-state index in [9.17, 15) is 9.90 Å². The summed E-state index contributed by atoms with van der Waals surface area (Å²) >= 11 is 3.19. The first-order valence-corrected chi connectivity index (χ1v) is 4.89. The molecule has 14 heavy (non-hydrogen) atoms. The van der Waals surface area contributed by atoms with Gasteiger partial charge in [0.25, 0.3) is 0 Å². The van der Waals surface area contributed by atoms with E-state index in [0.717, 1.165) is 0 Å². The van der Waals surface area contributed by atoms with Crippen LogP contribution in [0.1, 0.15) is 12.5 Å². The molecule has 0 atom stereocenters. The number of hydrogen-bond acceptors (Lipinski definition) is 3. The van der Waals surface area contributed by atoms with Gasteiger partial charge in [-0.2, -0.15) is 0 Å². The lowest BCUT2D eigenvalue weighted by Gasteiger charge is -2.08. The fourth-order valence-corrected chi connectivity index (χ4v) is 1.70. The molecule has 0 fully saturated rings. The van der Waals surface area contributed by atoms with Crippen LogP contribution in [0.15, 0.2) is 16.6 Å². The molecule has 0 aliphatic rings. The molecule has 0 bridgehead atoms. The average Bonchev–Trinajstić information content (AvgIpc) is 2.13. The molecule has 0 heterocycles. The number of Topliss-reactive ketones (excluding diaryl/α,β-unsaturated/α-hetero) is 1. The van der Waals surface area contributed by atoms with Gasteiger partial charge < -0.3 is 9.84 Å². The summed E-state index contributed by atoms with van der Waals surface area (Å²) in [6, 6.07) is 3.39. The molecular formula is C10H11BrO3. The molecule has 4 heteroatoms. The van der Waals surface area contributed by atoms with Gasteiger partial charge >= 0.3 is 0 Å². The minimum absolute atomic E-state index is 0.0115. The largest absolute Gasteiger partial charge is 0.506 e. The molecule has 1 aromatic rings. The van der Waals surface area contributed by atoms with Crippen molar-refractivity contribution >= 4 is 21.7 Å². The van der Waals surface area contributed by atoms with E-state index in [1.165, 1.54) is 14.0 Å². The van der Waals surface area contributed by atoms with Crippen molar-refractivity contribution in [1.82, 2.24) is 0 Å². The summed E-state index contributed by atoms with van der Waals surface area (Å²) in [5.41, 5.74) is 0.602. The van der Waals surface area contributed by atoms with Gasteiger partial charge in [0.15, 0.2) is 0 Å². The third kappa shape index (κ3) is 2.26. The Bertz CT molecular complexity index is 361. The van der Waals surface area contributed by atoms with Crippen LogP contribution in [0.5, 0.6) is 11.5 Å². The SMILES string of the molecule is COc1ccc(CC(C)=O)c(O)c1Br. The Labute approximate surface area is 90.8 Å². The third-order valence-electron chi connectivity index (χ3n) is 1.82. The van der Waals surface area contributed by atoms with Crippen molar-refractivity contribution in [1.29, 1.82) is 0 Å². The monoisotopic (exact) mass is 258 g/mol. The normalized spacial score (nSPS) is 9.93. The van der Waals surface area contributed by atoms with Crippen molar-refractivity contribution in [2.24, 2.45) is 0 Å². The van der Waals surface area contributed by atoms with Crippen LogP contribution in [-0.4, -0.2) is 18.0 Å². The van der Waals surface area contributed by atoms with E-state index in [-0.39, 0.29) is 18.0 Å². The number of halogens is 1. The van der Waals surface area contributed by atoms with Crippen LogP contribution < -0.4 is 4.74 Å². The van der Waals surface area contributed by atoms with Crippen LogP contribution in [0.25, 0.3) is 0 Å². The van der Waals surface area contributed by atoms with E-state index < -0.39 is 0 Å². The zero-order valence-electron chi connectivity index (χ0n) is 8.00. The average molecular weight is 259 g/mol. The van der Waals surface area contributed by atoms with E-state index in [0.29, 0.717) is 15.8 Å². The van der Waals surface area contributed by atoms with E-state index in [2.05, 4.69) is 15.9 Å². The van der Waals surface area contributed by atoms with E-state index in [1.54, 1.807) is 12.1 Å². The summed E-state index contributed by atoms with van der Waals surface area (Å²) in [6.45, 7) is 1.48. The van der Waals surface area contributed by atoms with Crippen LogP contribution in [-0.2, 0) is 11.2 Å². The molecule has 0 aliphatic carbocycles. The molecule has 0 unspecified atom stereocenters. The molecule has 0 saturated heterocycles. The van der Waals surface area contributed by atoms with Gasteiger partial charge in [0.2, 0.25) is 0 Å². The second-order valence-corrected chi connectivity index (χ2v) is 3.76. The Hall–Kier alpha value is -1.03. The van der Waals surface area contributed by atoms with Crippen molar-refractivity contribution in [2.45, 2.75) is 13.3 Å². The maximum atomic E-state index is 10.9. The Morgan fingerprint density at radius 2 is 2.21 bits per heavy atom. The Kier molecular flexibility index (Phi) is 3.52. The van der Waals surface area contributed by atoms with Crippen molar-refractivity contribution in [3.05, 3.63) is 22.2 Å². The Morgan fingerprint density at radius 1 is 1.57 bits per heavy atom. The second kappa shape index (κ2) is 4.46. The molecule has 0 spiro atoms. The first-order valence-electron chi connectivity index (χ1n) is 4.10. The predicted octanol–water partition coefficient (Wildman–Crippen LogP) is 2.29. The van der Waals surface area contributed by atoms with Crippen molar-refractivity contribution in [2.75, 3.05) is 7.11 Å². The number of hydrogen-bond donors (Lipinski definition) is 1. The predicted molar refractivity (Wildman–Crippen MR) is 56.7 cm³/mol. The fourth-order valence-electron chi connectivity index (χ4n) is 1.15. The summed E-state index contributed by atoms with van der Waals surface area (Å²) in [4.78, 5) is 10.9. The van der Waals surface area contributed by atoms with Crippen molar-refractivity contribution < 1.29 is 14.6 Å². The van der Waals surface area contributed by atoms with Gasteiger partial charge in [-0.1, -0.05) is 6.07 Å². The number of carbonyl (C=O) groups is 1. The quantitative estimate of drug-likeness (QED) is 0.905. The highest BCUT2D eigenvalue weighted by molar-refractivity contribution is 9.10. The second-order valence-electron chi connectivity index (χ2n) is 2.97. The van der Waals surface area contributed by atoms with E-state index in [4.69, 9.17) is 4.74 Å². The number of benzene rings is 1. The molecule has 1 aromatic carbocycles. The lowest BCUT2D eigenvalue weighted by Crippen LogP contribution is -1.97. The van der Waals surface area contributed by atoms with Gasteiger partial charge in [-0.25, -0.2) is 0 Å². The van der Waals surface area contributed by atoms with Crippen LogP contribution in [0.2, 0.25) is 0 Å². The molecular weight excluding hydrogens is 248 g/mol. The minimum atomic E-state index is 0.0115. The topological polar surface area (TPSA) is 46.5 Å². The van der Waals surface area contributed by atoms with Gasteiger partial charge in [0, 0.05) is 12.0 Å². The number of rotatable bonds is 3. The van der Waals surface area contributed by atoms with E-state index in [1.807, 2.05) is 0 Å². The Morgan fingerprint density at radius 3 is 2.71 bits per heavy atom. The van der Waals surface area contributed by atoms with Crippen molar-refractivity contribution in [3.8, 4) is 11.5 Å². The van der Waals surface area contributed by atoms with Crippen LogP contribution in [0.4, 0.5) is 0 Å². The molecule has 0 saturated carbocycles. The molecule has 0 amide bonds. The number of ether oxygens (including phenoxy) is 1. The zero-order chi connectivity index (χ0) is 10.7. The Balaban J connectivity index is 3.10. The third-order valence-corrected chi connectivity index (χ3v) is 2.59. The van der Waals surface area contributed by atoms with Crippen LogP contribution in [0, 0.1) is 0 Å². The first kappa shape index (κ1) is 11.0. The molecule has 1 N–H and O–H groups in total. The van der Waals surface area contributed by atoms with E-state index >= 15 is 0 Å². The molecule has 0 aliphatic heterocycles. The van der Waals surface area contributed by atoms with Gasteiger partial charge in [0.1, 0.15) is 21.8 Å². The highest BCUT2D eigenvalue weighted by Crippen LogP contribution is 2.36. The number of aromatic hydroxyl groups is 1. The number of phenolic OH excluding ortho intramolecular Hbond substituents is 1. The number of carbonyl (C=O) groups excluding carboxylic acids is 1. The highest BCUT2D eigenvalue weighted by Gasteiger charge is 2.11. The smallest absolute Gasteiger partial charge is 0.137 e. The summed E-state index contributed by atoms with van der Waals surface area (Å²) in [6.07, 6.45) is 0.231. The first-order chi connectivity index (χ1) is 6.56. The standard InChI is InChI=1S/C10H11BrO3/c1-6(12)5-7-3-4-8(14-2)9(11)10(7)13/h3-4,13H,5H2,1-2H3. The maximum Gasteiger partial charge on any atom is 0.137 e. The molecule has 0 radical (unpaired) electrons. The summed E-state index contributed by atoms with van der Waals surface area (Å²) in [7, 11) is 1.52. The van der Waals surface area contributed by atoms with Gasteiger partial charge in [-0.15, -0.1) is 0 Å². The van der Waals surface area contributed by atoms with Gasteiger partial charge in [0.05, 0.1) is 7.11 Å².